The van der Waals surface area contributed by atoms with Crippen molar-refractivity contribution in [3.8, 4) is 0 Å². The molecule has 0 aliphatic carbocycles. The summed E-state index contributed by atoms with van der Waals surface area (Å²) in [6.07, 6.45) is 2.47. The lowest BCUT2D eigenvalue weighted by molar-refractivity contribution is -0.122. The van der Waals surface area contributed by atoms with Crippen LogP contribution in [-0.2, 0) is 4.79 Å². The molecule has 1 aromatic heterocycles. The van der Waals surface area contributed by atoms with Gasteiger partial charge in [-0.05, 0) is 56.7 Å². The first-order chi connectivity index (χ1) is 9.74. The Hall–Kier alpha value is -0.870. The van der Waals surface area contributed by atoms with E-state index >= 15 is 0 Å². The number of carbonyl (C=O) groups excluding carboxylic acids is 1. The standard InChI is InChI=1S/C17H30N2OS/c1-12-6-8-15(21-12)13(2)19-16(20)9-7-14(10-11-18)17(3,4)5/h6,8,13-14H,7,9-11,18H2,1-5H3,(H,19,20). The molecule has 1 amide bonds. The van der Waals surface area contributed by atoms with Gasteiger partial charge in [0.1, 0.15) is 0 Å². The molecule has 1 heterocycles. The van der Waals surface area contributed by atoms with Gasteiger partial charge in [-0.2, -0.15) is 0 Å². The molecule has 3 nitrogen and oxygen atoms in total. The largest absolute Gasteiger partial charge is 0.349 e. The molecule has 2 unspecified atom stereocenters. The minimum atomic E-state index is 0.0961. The van der Waals surface area contributed by atoms with Gasteiger partial charge in [-0.3, -0.25) is 4.79 Å². The number of nitrogens with one attached hydrogen (secondary N) is 1. The van der Waals surface area contributed by atoms with Gasteiger partial charge in [0.15, 0.2) is 0 Å². The van der Waals surface area contributed by atoms with E-state index in [0.717, 1.165) is 12.8 Å². The molecular formula is C17H30N2OS. The number of aryl methyl sites for hydroxylation is 1. The van der Waals surface area contributed by atoms with E-state index in [-0.39, 0.29) is 17.4 Å². The highest BCUT2D eigenvalue weighted by Crippen LogP contribution is 2.32. The van der Waals surface area contributed by atoms with Gasteiger partial charge < -0.3 is 11.1 Å². The first-order valence-electron chi connectivity index (χ1n) is 7.79. The molecule has 0 aliphatic heterocycles. The van der Waals surface area contributed by atoms with E-state index in [4.69, 9.17) is 5.73 Å². The zero-order valence-electron chi connectivity index (χ0n) is 14.0. The molecule has 0 radical (unpaired) electrons. The van der Waals surface area contributed by atoms with Crippen LogP contribution in [0.15, 0.2) is 12.1 Å². The molecule has 21 heavy (non-hydrogen) atoms. The maximum Gasteiger partial charge on any atom is 0.220 e. The summed E-state index contributed by atoms with van der Waals surface area (Å²) in [7, 11) is 0. The molecule has 0 bridgehead atoms. The second kappa shape index (κ2) is 7.95. The third-order valence-corrected chi connectivity index (χ3v) is 5.21. The summed E-state index contributed by atoms with van der Waals surface area (Å²) in [5, 5.41) is 3.10. The Balaban J connectivity index is 2.46. The number of nitrogens with two attached hydrogens (primary N) is 1. The minimum Gasteiger partial charge on any atom is -0.349 e. The van der Waals surface area contributed by atoms with E-state index in [1.54, 1.807) is 11.3 Å². The Morgan fingerprint density at radius 3 is 2.48 bits per heavy atom. The molecule has 0 aromatic carbocycles. The molecule has 0 spiro atoms. The number of rotatable bonds is 7. The average Bonchev–Trinajstić information content (AvgIpc) is 2.79. The number of hydrogen-bond acceptors (Lipinski definition) is 3. The van der Waals surface area contributed by atoms with E-state index < -0.39 is 0 Å². The van der Waals surface area contributed by atoms with Crippen molar-refractivity contribution in [1.82, 2.24) is 5.32 Å². The lowest BCUT2D eigenvalue weighted by atomic mass is 9.76. The van der Waals surface area contributed by atoms with Crippen molar-refractivity contribution in [1.29, 1.82) is 0 Å². The summed E-state index contributed by atoms with van der Waals surface area (Å²) < 4.78 is 0. The summed E-state index contributed by atoms with van der Waals surface area (Å²) in [5.41, 5.74) is 5.90. The predicted molar refractivity (Wildman–Crippen MR) is 91.5 cm³/mol. The van der Waals surface area contributed by atoms with Crippen LogP contribution in [-0.4, -0.2) is 12.5 Å². The van der Waals surface area contributed by atoms with Crippen molar-refractivity contribution in [2.45, 2.75) is 59.9 Å². The van der Waals surface area contributed by atoms with Crippen molar-refractivity contribution in [2.24, 2.45) is 17.1 Å². The normalized spacial score (nSPS) is 14.8. The van der Waals surface area contributed by atoms with E-state index in [9.17, 15) is 4.79 Å². The molecule has 1 aromatic rings. The first kappa shape index (κ1) is 18.2. The highest BCUT2D eigenvalue weighted by atomic mass is 32.1. The third-order valence-electron chi connectivity index (χ3n) is 4.03. The van der Waals surface area contributed by atoms with Crippen LogP contribution in [0.4, 0.5) is 0 Å². The van der Waals surface area contributed by atoms with Crippen LogP contribution in [0.2, 0.25) is 0 Å². The summed E-state index contributed by atoms with van der Waals surface area (Å²) in [4.78, 5) is 14.6. The van der Waals surface area contributed by atoms with Crippen molar-refractivity contribution in [3.63, 3.8) is 0 Å². The van der Waals surface area contributed by atoms with E-state index in [0.29, 0.717) is 18.9 Å². The van der Waals surface area contributed by atoms with Crippen LogP contribution in [0.5, 0.6) is 0 Å². The van der Waals surface area contributed by atoms with Crippen LogP contribution >= 0.6 is 11.3 Å². The molecule has 2 atom stereocenters. The number of hydrogen-bond donors (Lipinski definition) is 2. The Morgan fingerprint density at radius 2 is 2.00 bits per heavy atom. The van der Waals surface area contributed by atoms with Gasteiger partial charge in [0.05, 0.1) is 6.04 Å². The first-order valence-corrected chi connectivity index (χ1v) is 8.61. The maximum atomic E-state index is 12.1. The van der Waals surface area contributed by atoms with Crippen LogP contribution < -0.4 is 11.1 Å². The molecule has 0 fully saturated rings. The fourth-order valence-electron chi connectivity index (χ4n) is 2.59. The summed E-state index contributed by atoms with van der Waals surface area (Å²) >= 11 is 1.74. The molecule has 1 rings (SSSR count). The SMILES string of the molecule is Cc1ccc(C(C)NC(=O)CCC(CCN)C(C)(C)C)s1. The molecule has 3 N–H and O–H groups in total. The fourth-order valence-corrected chi connectivity index (χ4v) is 3.47. The molecule has 4 heteroatoms. The van der Waals surface area contributed by atoms with Crippen molar-refractivity contribution < 1.29 is 4.79 Å². The van der Waals surface area contributed by atoms with Gasteiger partial charge in [-0.25, -0.2) is 0 Å². The van der Waals surface area contributed by atoms with Gasteiger partial charge in [0, 0.05) is 16.2 Å². The number of amides is 1. The molecule has 0 saturated carbocycles. The smallest absolute Gasteiger partial charge is 0.220 e. The van der Waals surface area contributed by atoms with Crippen molar-refractivity contribution in [2.75, 3.05) is 6.54 Å². The fraction of sp³-hybridized carbons (Fsp3) is 0.706. The lowest BCUT2D eigenvalue weighted by Gasteiger charge is -2.30. The van der Waals surface area contributed by atoms with E-state index in [2.05, 4.69) is 45.1 Å². The van der Waals surface area contributed by atoms with Gasteiger partial charge in [-0.1, -0.05) is 20.8 Å². The summed E-state index contributed by atoms with van der Waals surface area (Å²) in [6.45, 7) is 11.5. The van der Waals surface area contributed by atoms with Gasteiger partial charge >= 0.3 is 0 Å². The van der Waals surface area contributed by atoms with Crippen LogP contribution in [0.1, 0.15) is 62.8 Å². The highest BCUT2D eigenvalue weighted by molar-refractivity contribution is 7.12. The third kappa shape index (κ3) is 6.18. The topological polar surface area (TPSA) is 55.1 Å². The Morgan fingerprint density at radius 1 is 1.33 bits per heavy atom. The quantitative estimate of drug-likeness (QED) is 0.799. The Labute approximate surface area is 133 Å². The Kier molecular flexibility index (Phi) is 6.88. The minimum absolute atomic E-state index is 0.0961. The molecule has 120 valence electrons. The Bertz CT molecular complexity index is 448. The maximum absolute atomic E-state index is 12.1. The zero-order valence-corrected chi connectivity index (χ0v) is 14.8. The summed E-state index contributed by atoms with van der Waals surface area (Å²) in [6, 6.07) is 4.29. The monoisotopic (exact) mass is 310 g/mol. The molecular weight excluding hydrogens is 280 g/mol. The predicted octanol–water partition coefficient (Wildman–Crippen LogP) is 4.03. The highest BCUT2D eigenvalue weighted by Gasteiger charge is 2.24. The number of carbonyl (C=O) groups is 1. The zero-order chi connectivity index (χ0) is 16.0. The summed E-state index contributed by atoms with van der Waals surface area (Å²) in [5.74, 6) is 0.632. The average molecular weight is 311 g/mol. The van der Waals surface area contributed by atoms with E-state index in [1.165, 1.54) is 9.75 Å². The van der Waals surface area contributed by atoms with Gasteiger partial charge in [-0.15, -0.1) is 11.3 Å². The van der Waals surface area contributed by atoms with Crippen molar-refractivity contribution >= 4 is 17.2 Å². The lowest BCUT2D eigenvalue weighted by Crippen LogP contribution is -2.29. The second-order valence-corrected chi connectivity index (χ2v) is 8.24. The second-order valence-electron chi connectivity index (χ2n) is 6.92. The van der Waals surface area contributed by atoms with Crippen molar-refractivity contribution in [3.05, 3.63) is 21.9 Å². The van der Waals surface area contributed by atoms with Crippen LogP contribution in [0.25, 0.3) is 0 Å². The van der Waals surface area contributed by atoms with Gasteiger partial charge in [0.25, 0.3) is 0 Å². The number of thiophene rings is 1. The molecule has 0 aliphatic rings. The van der Waals surface area contributed by atoms with Crippen LogP contribution in [0.3, 0.4) is 0 Å². The van der Waals surface area contributed by atoms with E-state index in [1.807, 2.05) is 6.92 Å². The van der Waals surface area contributed by atoms with Crippen LogP contribution in [0, 0.1) is 18.3 Å². The molecule has 0 saturated heterocycles. The van der Waals surface area contributed by atoms with Gasteiger partial charge in [0.2, 0.25) is 5.91 Å².